The molecular formula is C13H21N3O2. The number of methoxy groups -OCH3 is 1. The van der Waals surface area contributed by atoms with Crippen molar-refractivity contribution in [1.82, 2.24) is 14.5 Å². The molecule has 0 bridgehead atoms. The molecule has 0 spiro atoms. The molecule has 2 heterocycles. The lowest BCUT2D eigenvalue weighted by molar-refractivity contribution is -0.142. The lowest BCUT2D eigenvalue weighted by atomic mass is 9.96. The summed E-state index contributed by atoms with van der Waals surface area (Å²) in [4.78, 5) is 17.6. The van der Waals surface area contributed by atoms with Gasteiger partial charge in [-0.15, -0.1) is 0 Å². The highest BCUT2D eigenvalue weighted by molar-refractivity contribution is 5.71. The van der Waals surface area contributed by atoms with Crippen LogP contribution in [0.4, 0.5) is 0 Å². The lowest BCUT2D eigenvalue weighted by Gasteiger charge is -2.31. The third kappa shape index (κ3) is 3.32. The number of imidazole rings is 1. The van der Waals surface area contributed by atoms with Crippen LogP contribution in [0.3, 0.4) is 0 Å². The van der Waals surface area contributed by atoms with E-state index in [-0.39, 0.29) is 5.97 Å². The number of ether oxygens (including phenoxy) is 1. The first-order chi connectivity index (χ1) is 8.69. The van der Waals surface area contributed by atoms with E-state index in [1.807, 2.05) is 19.3 Å². The molecule has 0 saturated carbocycles. The number of rotatable bonds is 4. The van der Waals surface area contributed by atoms with Crippen molar-refractivity contribution in [3.8, 4) is 0 Å². The summed E-state index contributed by atoms with van der Waals surface area (Å²) in [5, 5.41) is 0. The molecule has 1 aromatic rings. The number of esters is 1. The van der Waals surface area contributed by atoms with Crippen molar-refractivity contribution in [3.05, 3.63) is 18.2 Å². The molecule has 1 aromatic heterocycles. The molecule has 5 nitrogen and oxygen atoms in total. The predicted molar refractivity (Wildman–Crippen MR) is 68.1 cm³/mol. The van der Waals surface area contributed by atoms with Crippen molar-refractivity contribution in [1.29, 1.82) is 0 Å². The van der Waals surface area contributed by atoms with E-state index in [1.165, 1.54) is 7.11 Å². The Balaban J connectivity index is 1.77. The van der Waals surface area contributed by atoms with Gasteiger partial charge in [-0.2, -0.15) is 0 Å². The fraction of sp³-hybridized carbons (Fsp3) is 0.692. The smallest absolute Gasteiger partial charge is 0.319 e. The van der Waals surface area contributed by atoms with Crippen molar-refractivity contribution in [2.24, 2.45) is 5.92 Å². The van der Waals surface area contributed by atoms with Crippen LogP contribution in [0.1, 0.15) is 18.7 Å². The fourth-order valence-electron chi connectivity index (χ4n) is 2.45. The summed E-state index contributed by atoms with van der Waals surface area (Å²) >= 11 is 0. The minimum Gasteiger partial charge on any atom is -0.468 e. The summed E-state index contributed by atoms with van der Waals surface area (Å²) in [6, 6.07) is 0. The van der Waals surface area contributed by atoms with Gasteiger partial charge < -0.3 is 9.30 Å². The molecule has 0 aliphatic carbocycles. The molecule has 1 saturated heterocycles. The van der Waals surface area contributed by atoms with Gasteiger partial charge in [-0.3, -0.25) is 9.69 Å². The van der Waals surface area contributed by atoms with Crippen LogP contribution in [0.5, 0.6) is 0 Å². The van der Waals surface area contributed by atoms with E-state index in [0.717, 1.165) is 38.3 Å². The topological polar surface area (TPSA) is 47.4 Å². The SMILES string of the molecule is COC(=O)CN1CCC(Cn2ccnc2C)CC1. The zero-order chi connectivity index (χ0) is 13.0. The van der Waals surface area contributed by atoms with Gasteiger partial charge >= 0.3 is 5.97 Å². The second kappa shape index (κ2) is 6.00. The normalized spacial score (nSPS) is 17.9. The second-order valence-electron chi connectivity index (χ2n) is 4.92. The van der Waals surface area contributed by atoms with E-state index in [4.69, 9.17) is 0 Å². The molecule has 1 aliphatic rings. The van der Waals surface area contributed by atoms with E-state index < -0.39 is 0 Å². The molecule has 0 unspecified atom stereocenters. The third-order valence-corrected chi connectivity index (χ3v) is 3.67. The first-order valence-corrected chi connectivity index (χ1v) is 6.46. The standard InChI is InChI=1S/C13H21N3O2/c1-11-14-5-8-16(11)9-12-3-6-15(7-4-12)10-13(17)18-2/h5,8,12H,3-4,6-7,9-10H2,1-2H3. The van der Waals surface area contributed by atoms with Crippen molar-refractivity contribution in [2.75, 3.05) is 26.7 Å². The number of piperidine rings is 1. The highest BCUT2D eigenvalue weighted by Gasteiger charge is 2.21. The fourth-order valence-corrected chi connectivity index (χ4v) is 2.45. The largest absolute Gasteiger partial charge is 0.468 e. The maximum atomic E-state index is 11.2. The van der Waals surface area contributed by atoms with Gasteiger partial charge in [0.25, 0.3) is 0 Å². The number of nitrogens with zero attached hydrogens (tertiary/aromatic N) is 3. The first kappa shape index (κ1) is 13.1. The Labute approximate surface area is 108 Å². The van der Waals surface area contributed by atoms with E-state index in [1.54, 1.807) is 0 Å². The van der Waals surface area contributed by atoms with Gasteiger partial charge in [0.05, 0.1) is 13.7 Å². The van der Waals surface area contributed by atoms with E-state index in [2.05, 4.69) is 19.2 Å². The predicted octanol–water partition coefficient (Wildman–Crippen LogP) is 1.08. The summed E-state index contributed by atoms with van der Waals surface area (Å²) in [6.07, 6.45) is 6.15. The molecule has 1 aliphatic heterocycles. The van der Waals surface area contributed by atoms with E-state index in [0.29, 0.717) is 12.5 Å². The summed E-state index contributed by atoms with van der Waals surface area (Å²) in [7, 11) is 1.44. The number of likely N-dealkylation sites (tertiary alicyclic amines) is 1. The van der Waals surface area contributed by atoms with Crippen LogP contribution in [0.25, 0.3) is 0 Å². The van der Waals surface area contributed by atoms with Crippen molar-refractivity contribution >= 4 is 5.97 Å². The molecule has 1 fully saturated rings. The average Bonchev–Trinajstić information content (AvgIpc) is 2.77. The molecule has 2 rings (SSSR count). The highest BCUT2D eigenvalue weighted by Crippen LogP contribution is 2.19. The van der Waals surface area contributed by atoms with Crippen LogP contribution < -0.4 is 0 Å². The summed E-state index contributed by atoms with van der Waals surface area (Å²) in [5.74, 6) is 1.62. The molecule has 0 N–H and O–H groups in total. The number of carbonyl (C=O) groups excluding carboxylic acids is 1. The van der Waals surface area contributed by atoms with Crippen LogP contribution in [0, 0.1) is 12.8 Å². The second-order valence-corrected chi connectivity index (χ2v) is 4.92. The molecule has 5 heteroatoms. The molecule has 0 aromatic carbocycles. The molecular weight excluding hydrogens is 230 g/mol. The van der Waals surface area contributed by atoms with Crippen LogP contribution in [0.2, 0.25) is 0 Å². The molecule has 0 radical (unpaired) electrons. The Kier molecular flexibility index (Phi) is 4.36. The zero-order valence-corrected chi connectivity index (χ0v) is 11.1. The number of hydrogen-bond acceptors (Lipinski definition) is 4. The minimum atomic E-state index is -0.140. The summed E-state index contributed by atoms with van der Waals surface area (Å²) in [5.41, 5.74) is 0. The van der Waals surface area contributed by atoms with Gasteiger partial charge in [0.15, 0.2) is 0 Å². The molecule has 0 atom stereocenters. The summed E-state index contributed by atoms with van der Waals surface area (Å²) < 4.78 is 6.90. The van der Waals surface area contributed by atoms with Crippen LogP contribution in [-0.2, 0) is 16.1 Å². The van der Waals surface area contributed by atoms with Gasteiger partial charge in [-0.1, -0.05) is 0 Å². The monoisotopic (exact) mass is 251 g/mol. The Bertz CT molecular complexity index is 395. The van der Waals surface area contributed by atoms with Gasteiger partial charge in [-0.05, 0) is 38.8 Å². The first-order valence-electron chi connectivity index (χ1n) is 6.46. The number of aromatic nitrogens is 2. The van der Waals surface area contributed by atoms with Crippen LogP contribution in [-0.4, -0.2) is 47.2 Å². The van der Waals surface area contributed by atoms with E-state index >= 15 is 0 Å². The molecule has 100 valence electrons. The Morgan fingerprint density at radius 3 is 2.78 bits per heavy atom. The van der Waals surface area contributed by atoms with Gasteiger partial charge in [0.1, 0.15) is 5.82 Å². The Hall–Kier alpha value is -1.36. The van der Waals surface area contributed by atoms with Gasteiger partial charge in [0, 0.05) is 18.9 Å². The maximum absolute atomic E-state index is 11.2. The van der Waals surface area contributed by atoms with Gasteiger partial charge in [0.2, 0.25) is 0 Å². The lowest BCUT2D eigenvalue weighted by Crippen LogP contribution is -2.38. The average molecular weight is 251 g/mol. The molecule has 0 amide bonds. The Morgan fingerprint density at radius 2 is 2.22 bits per heavy atom. The quantitative estimate of drug-likeness (QED) is 0.751. The number of aryl methyl sites for hydroxylation is 1. The molecule has 18 heavy (non-hydrogen) atoms. The van der Waals surface area contributed by atoms with Crippen LogP contribution in [0.15, 0.2) is 12.4 Å². The number of carbonyl (C=O) groups is 1. The summed E-state index contributed by atoms with van der Waals surface area (Å²) in [6.45, 7) is 5.46. The van der Waals surface area contributed by atoms with Crippen molar-refractivity contribution in [3.63, 3.8) is 0 Å². The maximum Gasteiger partial charge on any atom is 0.319 e. The van der Waals surface area contributed by atoms with Gasteiger partial charge in [-0.25, -0.2) is 4.98 Å². The highest BCUT2D eigenvalue weighted by atomic mass is 16.5. The minimum absolute atomic E-state index is 0.140. The zero-order valence-electron chi connectivity index (χ0n) is 11.1. The number of hydrogen-bond donors (Lipinski definition) is 0. The van der Waals surface area contributed by atoms with E-state index in [9.17, 15) is 4.79 Å². The third-order valence-electron chi connectivity index (χ3n) is 3.67. The Morgan fingerprint density at radius 1 is 1.50 bits per heavy atom. The van der Waals surface area contributed by atoms with Crippen LogP contribution >= 0.6 is 0 Å². The van der Waals surface area contributed by atoms with Crippen molar-refractivity contribution in [2.45, 2.75) is 26.3 Å². The van der Waals surface area contributed by atoms with Crippen molar-refractivity contribution < 1.29 is 9.53 Å².